The van der Waals surface area contributed by atoms with Crippen LogP contribution in [0.3, 0.4) is 0 Å². The lowest BCUT2D eigenvalue weighted by Gasteiger charge is -2.18. The van der Waals surface area contributed by atoms with E-state index in [2.05, 4.69) is 23.5 Å². The van der Waals surface area contributed by atoms with E-state index in [1.165, 1.54) is 4.88 Å². The Balaban J connectivity index is 1.54. The molecule has 3 nitrogen and oxygen atoms in total. The summed E-state index contributed by atoms with van der Waals surface area (Å²) in [6.45, 7) is 0.281. The fourth-order valence-electron chi connectivity index (χ4n) is 2.56. The number of carbonyl (C=O) groups is 1. The third-order valence-corrected chi connectivity index (χ3v) is 6.08. The zero-order chi connectivity index (χ0) is 15.4. The third kappa shape index (κ3) is 3.66. The zero-order valence-electron chi connectivity index (χ0n) is 12.2. The van der Waals surface area contributed by atoms with Crippen LogP contribution in [0.2, 0.25) is 0 Å². The second-order valence-electron chi connectivity index (χ2n) is 5.42. The standard InChI is InChI=1S/C17H19NO2S2/c19-13(11-18-17(20)12-5-2-1-3-6-12)14-8-9-16(22-14)15-7-4-10-21-15/h1-2,4,7-10,12-13,19H,3,5-6,11H2,(H,18,20)/t12-,13-/m1/s1. The van der Waals surface area contributed by atoms with Gasteiger partial charge in [0.05, 0.1) is 0 Å². The molecule has 0 aromatic carbocycles. The lowest BCUT2D eigenvalue weighted by atomic mass is 9.93. The molecule has 22 heavy (non-hydrogen) atoms. The third-order valence-electron chi connectivity index (χ3n) is 3.83. The van der Waals surface area contributed by atoms with Crippen LogP contribution in [0.5, 0.6) is 0 Å². The van der Waals surface area contributed by atoms with E-state index in [9.17, 15) is 9.90 Å². The molecule has 2 heterocycles. The number of thiophene rings is 2. The predicted octanol–water partition coefficient (Wildman–Crippen LogP) is 3.98. The van der Waals surface area contributed by atoms with Crippen LogP contribution < -0.4 is 5.32 Å². The Bertz CT molecular complexity index is 645. The van der Waals surface area contributed by atoms with E-state index in [1.807, 2.05) is 23.6 Å². The van der Waals surface area contributed by atoms with Crippen molar-refractivity contribution in [2.75, 3.05) is 6.54 Å². The van der Waals surface area contributed by atoms with Gasteiger partial charge in [0.2, 0.25) is 5.91 Å². The minimum absolute atomic E-state index is 0.0541. The Labute approximate surface area is 138 Å². The van der Waals surface area contributed by atoms with Gasteiger partial charge in [0.25, 0.3) is 0 Å². The van der Waals surface area contributed by atoms with Crippen LogP contribution in [0.15, 0.2) is 41.8 Å². The van der Waals surface area contributed by atoms with Crippen molar-refractivity contribution in [3.05, 3.63) is 46.7 Å². The second-order valence-corrected chi connectivity index (χ2v) is 7.48. The number of hydrogen-bond donors (Lipinski definition) is 2. The first-order chi connectivity index (χ1) is 10.7. The van der Waals surface area contributed by atoms with Gasteiger partial charge in [-0.1, -0.05) is 18.2 Å². The molecule has 0 bridgehead atoms. The minimum Gasteiger partial charge on any atom is -0.386 e. The van der Waals surface area contributed by atoms with Crippen LogP contribution in [0.1, 0.15) is 30.2 Å². The number of amides is 1. The van der Waals surface area contributed by atoms with Crippen LogP contribution >= 0.6 is 22.7 Å². The van der Waals surface area contributed by atoms with E-state index >= 15 is 0 Å². The summed E-state index contributed by atoms with van der Waals surface area (Å²) < 4.78 is 0. The first-order valence-corrected chi connectivity index (χ1v) is 9.18. The number of carbonyl (C=O) groups excluding carboxylic acids is 1. The molecular weight excluding hydrogens is 314 g/mol. The average Bonchev–Trinajstić information content (AvgIpc) is 3.23. The van der Waals surface area contributed by atoms with Gasteiger partial charge >= 0.3 is 0 Å². The number of rotatable bonds is 5. The summed E-state index contributed by atoms with van der Waals surface area (Å²) in [4.78, 5) is 15.3. The zero-order valence-corrected chi connectivity index (χ0v) is 13.8. The molecule has 116 valence electrons. The summed E-state index contributed by atoms with van der Waals surface area (Å²) in [6.07, 6.45) is 6.23. The maximum Gasteiger partial charge on any atom is 0.223 e. The Hall–Kier alpha value is -1.43. The summed E-state index contributed by atoms with van der Waals surface area (Å²) >= 11 is 3.27. The number of allylic oxidation sites excluding steroid dienone is 2. The van der Waals surface area contributed by atoms with Gasteiger partial charge in [0.1, 0.15) is 6.10 Å². The molecule has 2 atom stereocenters. The quantitative estimate of drug-likeness (QED) is 0.813. The van der Waals surface area contributed by atoms with E-state index in [0.717, 1.165) is 29.0 Å². The minimum atomic E-state index is -0.637. The number of aliphatic hydroxyl groups excluding tert-OH is 1. The lowest BCUT2D eigenvalue weighted by molar-refractivity contribution is -0.125. The number of aliphatic hydroxyl groups is 1. The van der Waals surface area contributed by atoms with Crippen molar-refractivity contribution >= 4 is 28.6 Å². The summed E-state index contributed by atoms with van der Waals surface area (Å²) in [5, 5.41) is 15.2. The summed E-state index contributed by atoms with van der Waals surface area (Å²) in [6, 6.07) is 8.07. The highest BCUT2D eigenvalue weighted by Gasteiger charge is 2.20. The molecule has 2 aromatic heterocycles. The van der Waals surface area contributed by atoms with Gasteiger partial charge in [-0.05, 0) is 42.8 Å². The largest absolute Gasteiger partial charge is 0.386 e. The van der Waals surface area contributed by atoms with Crippen LogP contribution in [0.25, 0.3) is 9.75 Å². The Kier molecular flexibility index (Phi) is 5.08. The van der Waals surface area contributed by atoms with Gasteiger partial charge in [0.15, 0.2) is 0 Å². The highest BCUT2D eigenvalue weighted by atomic mass is 32.1. The van der Waals surface area contributed by atoms with Crippen LogP contribution in [-0.4, -0.2) is 17.6 Å². The molecular formula is C17H19NO2S2. The first kappa shape index (κ1) is 15.5. The van der Waals surface area contributed by atoms with Crippen molar-refractivity contribution in [3.8, 4) is 9.75 Å². The SMILES string of the molecule is O=C(NC[C@@H](O)c1ccc(-c2cccs2)s1)[C@@H]1CC=CCC1. The van der Waals surface area contributed by atoms with Gasteiger partial charge in [0, 0.05) is 27.1 Å². The lowest BCUT2D eigenvalue weighted by Crippen LogP contribution is -2.34. The Morgan fingerprint density at radius 3 is 2.95 bits per heavy atom. The molecule has 0 aliphatic heterocycles. The molecule has 2 N–H and O–H groups in total. The number of nitrogens with one attached hydrogen (secondary N) is 1. The van der Waals surface area contributed by atoms with Crippen molar-refractivity contribution in [1.82, 2.24) is 5.32 Å². The Morgan fingerprint density at radius 1 is 1.32 bits per heavy atom. The fourth-order valence-corrected chi connectivity index (χ4v) is 4.39. The molecule has 0 saturated carbocycles. The molecule has 1 aliphatic rings. The fraction of sp³-hybridized carbons (Fsp3) is 0.353. The molecule has 1 amide bonds. The normalized spacial score (nSPS) is 19.0. The maximum atomic E-state index is 12.1. The second kappa shape index (κ2) is 7.22. The molecule has 1 aliphatic carbocycles. The van der Waals surface area contributed by atoms with E-state index in [1.54, 1.807) is 22.7 Å². The van der Waals surface area contributed by atoms with Crippen molar-refractivity contribution < 1.29 is 9.90 Å². The monoisotopic (exact) mass is 333 g/mol. The molecule has 0 unspecified atom stereocenters. The van der Waals surface area contributed by atoms with E-state index in [4.69, 9.17) is 0 Å². The van der Waals surface area contributed by atoms with Crippen LogP contribution in [0, 0.1) is 5.92 Å². The highest BCUT2D eigenvalue weighted by molar-refractivity contribution is 7.21. The van der Waals surface area contributed by atoms with Gasteiger partial charge in [-0.15, -0.1) is 22.7 Å². The molecule has 0 spiro atoms. The van der Waals surface area contributed by atoms with Gasteiger partial charge in [-0.25, -0.2) is 0 Å². The molecule has 0 radical (unpaired) electrons. The van der Waals surface area contributed by atoms with Gasteiger partial charge in [-0.3, -0.25) is 4.79 Å². The predicted molar refractivity (Wildman–Crippen MR) is 92.1 cm³/mol. The van der Waals surface area contributed by atoms with Crippen LogP contribution in [0.4, 0.5) is 0 Å². The smallest absolute Gasteiger partial charge is 0.223 e. The van der Waals surface area contributed by atoms with Gasteiger partial charge < -0.3 is 10.4 Å². The van der Waals surface area contributed by atoms with Crippen molar-refractivity contribution in [3.63, 3.8) is 0 Å². The topological polar surface area (TPSA) is 49.3 Å². The van der Waals surface area contributed by atoms with Crippen molar-refractivity contribution in [2.45, 2.75) is 25.4 Å². The molecule has 0 saturated heterocycles. The first-order valence-electron chi connectivity index (χ1n) is 7.48. The van der Waals surface area contributed by atoms with Crippen LogP contribution in [-0.2, 0) is 4.79 Å². The van der Waals surface area contributed by atoms with E-state index in [-0.39, 0.29) is 18.4 Å². The van der Waals surface area contributed by atoms with E-state index < -0.39 is 6.10 Å². The summed E-state index contributed by atoms with van der Waals surface area (Å²) in [5.74, 6) is 0.112. The summed E-state index contributed by atoms with van der Waals surface area (Å²) in [5.41, 5.74) is 0. The van der Waals surface area contributed by atoms with Crippen molar-refractivity contribution in [1.29, 1.82) is 0 Å². The Morgan fingerprint density at radius 2 is 2.23 bits per heavy atom. The summed E-state index contributed by atoms with van der Waals surface area (Å²) in [7, 11) is 0. The molecule has 0 fully saturated rings. The highest BCUT2D eigenvalue weighted by Crippen LogP contribution is 2.33. The molecule has 5 heteroatoms. The van der Waals surface area contributed by atoms with Crippen molar-refractivity contribution in [2.24, 2.45) is 5.92 Å². The molecule has 3 rings (SSSR count). The van der Waals surface area contributed by atoms with Gasteiger partial charge in [-0.2, -0.15) is 0 Å². The average molecular weight is 333 g/mol. The number of hydrogen-bond acceptors (Lipinski definition) is 4. The molecule has 2 aromatic rings. The maximum absolute atomic E-state index is 12.1. The van der Waals surface area contributed by atoms with E-state index in [0.29, 0.717) is 0 Å².